The van der Waals surface area contributed by atoms with E-state index in [1.54, 1.807) is 6.92 Å². The molecule has 1 heterocycles. The molecule has 1 aliphatic heterocycles. The molecule has 1 atom stereocenters. The summed E-state index contributed by atoms with van der Waals surface area (Å²) in [4.78, 5) is 48.2. The molecule has 26 heavy (non-hydrogen) atoms. The van der Waals surface area contributed by atoms with Crippen LogP contribution in [0, 0.1) is 16.0 Å². The number of ether oxygens (including phenoxy) is 1. The van der Waals surface area contributed by atoms with Crippen LogP contribution in [0.4, 0.5) is 16.2 Å². The Morgan fingerprint density at radius 1 is 1.46 bits per heavy atom. The molecule has 0 aromatic heterocycles. The van der Waals surface area contributed by atoms with E-state index in [-0.39, 0.29) is 23.0 Å². The van der Waals surface area contributed by atoms with Gasteiger partial charge < -0.3 is 15.4 Å². The number of methoxy groups -OCH3 is 1. The van der Waals surface area contributed by atoms with Crippen LogP contribution >= 0.6 is 0 Å². The van der Waals surface area contributed by atoms with Crippen molar-refractivity contribution in [3.05, 3.63) is 28.3 Å². The zero-order chi connectivity index (χ0) is 19.1. The Morgan fingerprint density at radius 2 is 2.15 bits per heavy atom. The minimum atomic E-state index is -0.983. The van der Waals surface area contributed by atoms with Crippen molar-refractivity contribution >= 4 is 29.2 Å². The Bertz CT molecular complexity index is 806. The molecule has 10 heteroatoms. The van der Waals surface area contributed by atoms with E-state index in [0.717, 1.165) is 17.7 Å². The largest absolute Gasteiger partial charge is 0.496 e. The second-order valence-corrected chi connectivity index (χ2v) is 6.49. The van der Waals surface area contributed by atoms with Crippen LogP contribution in [0.2, 0.25) is 0 Å². The highest BCUT2D eigenvalue weighted by Gasteiger charge is 2.56. The van der Waals surface area contributed by atoms with E-state index < -0.39 is 34.9 Å². The van der Waals surface area contributed by atoms with Crippen molar-refractivity contribution < 1.29 is 24.0 Å². The third-order valence-corrected chi connectivity index (χ3v) is 4.67. The summed E-state index contributed by atoms with van der Waals surface area (Å²) in [6.07, 6.45) is 1.70. The molecule has 4 amide bonds. The van der Waals surface area contributed by atoms with E-state index in [1.165, 1.54) is 25.3 Å². The predicted octanol–water partition coefficient (Wildman–Crippen LogP) is 1.26. The molecule has 2 fully saturated rings. The number of nitro groups is 1. The Labute approximate surface area is 148 Å². The summed E-state index contributed by atoms with van der Waals surface area (Å²) >= 11 is 0. The van der Waals surface area contributed by atoms with Crippen LogP contribution < -0.4 is 15.4 Å². The van der Waals surface area contributed by atoms with Gasteiger partial charge in [0.15, 0.2) is 0 Å². The molecule has 1 aliphatic carbocycles. The minimum Gasteiger partial charge on any atom is -0.496 e. The number of nitrogens with zero attached hydrogens (tertiary/aromatic N) is 2. The van der Waals surface area contributed by atoms with Crippen LogP contribution in [-0.2, 0) is 9.59 Å². The first kappa shape index (κ1) is 17.6. The van der Waals surface area contributed by atoms with Crippen molar-refractivity contribution in [1.29, 1.82) is 0 Å². The molecule has 0 radical (unpaired) electrons. The third kappa shape index (κ3) is 3.05. The van der Waals surface area contributed by atoms with E-state index >= 15 is 0 Å². The quantitative estimate of drug-likeness (QED) is 0.445. The van der Waals surface area contributed by atoms with Gasteiger partial charge in [-0.05, 0) is 37.8 Å². The third-order valence-electron chi connectivity index (χ3n) is 4.67. The van der Waals surface area contributed by atoms with Gasteiger partial charge in [0.2, 0.25) is 5.91 Å². The number of carbonyl (C=O) groups is 3. The number of anilines is 1. The van der Waals surface area contributed by atoms with E-state index in [0.29, 0.717) is 0 Å². The van der Waals surface area contributed by atoms with E-state index in [4.69, 9.17) is 4.74 Å². The van der Waals surface area contributed by atoms with Gasteiger partial charge in [0, 0.05) is 0 Å². The minimum absolute atomic E-state index is 0.0437. The molecule has 2 aliphatic rings. The number of carbonyl (C=O) groups excluding carboxylic acids is 3. The fraction of sp³-hybridized carbons (Fsp3) is 0.438. The van der Waals surface area contributed by atoms with Gasteiger partial charge in [0.25, 0.3) is 11.6 Å². The van der Waals surface area contributed by atoms with Gasteiger partial charge in [-0.25, -0.2) is 4.79 Å². The number of hydrogen-bond donors (Lipinski definition) is 2. The molecule has 3 rings (SSSR count). The summed E-state index contributed by atoms with van der Waals surface area (Å²) < 4.78 is 4.93. The van der Waals surface area contributed by atoms with Crippen molar-refractivity contribution in [3.8, 4) is 5.75 Å². The maximum absolute atomic E-state index is 12.5. The number of nitrogens with one attached hydrogen (secondary N) is 2. The lowest BCUT2D eigenvalue weighted by atomic mass is 9.96. The fourth-order valence-electron chi connectivity index (χ4n) is 3.03. The molecule has 10 nitrogen and oxygen atoms in total. The van der Waals surface area contributed by atoms with Crippen LogP contribution in [0.1, 0.15) is 19.8 Å². The number of hydrogen-bond acceptors (Lipinski definition) is 6. The molecule has 138 valence electrons. The fourth-order valence-corrected chi connectivity index (χ4v) is 3.03. The molecular weight excluding hydrogens is 344 g/mol. The second-order valence-electron chi connectivity index (χ2n) is 6.49. The van der Waals surface area contributed by atoms with Gasteiger partial charge in [-0.2, -0.15) is 0 Å². The topological polar surface area (TPSA) is 131 Å². The van der Waals surface area contributed by atoms with Crippen molar-refractivity contribution in [2.45, 2.75) is 25.3 Å². The molecule has 1 aromatic rings. The average Bonchev–Trinajstić information content (AvgIpc) is 3.41. The first-order chi connectivity index (χ1) is 12.3. The summed E-state index contributed by atoms with van der Waals surface area (Å²) in [5.74, 6) is -0.815. The normalized spacial score (nSPS) is 22.2. The standard InChI is InChI=1S/C16H18N4O6/c1-16(9-3-4-9)14(22)19(15(23)18-16)8-13(21)17-11-6-5-10(26-2)7-12(11)20(24)25/h5-7,9H,3-4,8H2,1-2H3,(H,17,21)(H,18,23)/t16-/m1/s1. The van der Waals surface area contributed by atoms with E-state index in [1.807, 2.05) is 0 Å². The lowest BCUT2D eigenvalue weighted by Gasteiger charge is -2.20. The van der Waals surface area contributed by atoms with Crippen LogP contribution in [0.3, 0.4) is 0 Å². The number of benzene rings is 1. The van der Waals surface area contributed by atoms with Gasteiger partial charge in [0.05, 0.1) is 18.1 Å². The maximum atomic E-state index is 12.5. The molecule has 0 bridgehead atoms. The van der Waals surface area contributed by atoms with Gasteiger partial charge in [0.1, 0.15) is 23.5 Å². The molecule has 1 saturated heterocycles. The Kier molecular flexibility index (Phi) is 4.26. The number of urea groups is 1. The van der Waals surface area contributed by atoms with E-state index in [9.17, 15) is 24.5 Å². The number of amides is 4. The number of imide groups is 1. The monoisotopic (exact) mass is 362 g/mol. The van der Waals surface area contributed by atoms with Crippen molar-refractivity contribution in [2.24, 2.45) is 5.92 Å². The molecular formula is C16H18N4O6. The SMILES string of the molecule is COc1ccc(NC(=O)CN2C(=O)N[C@](C)(C3CC3)C2=O)c([N+](=O)[O-])c1. The zero-order valence-electron chi connectivity index (χ0n) is 14.3. The molecule has 0 unspecified atom stereocenters. The summed E-state index contributed by atoms with van der Waals surface area (Å²) in [5.41, 5.74) is -1.38. The molecule has 1 saturated carbocycles. The van der Waals surface area contributed by atoms with Gasteiger partial charge in [-0.3, -0.25) is 24.6 Å². The van der Waals surface area contributed by atoms with Crippen LogP contribution in [0.5, 0.6) is 5.75 Å². The first-order valence-electron chi connectivity index (χ1n) is 8.02. The van der Waals surface area contributed by atoms with E-state index in [2.05, 4.69) is 10.6 Å². The maximum Gasteiger partial charge on any atom is 0.325 e. The Hall–Kier alpha value is -3.17. The predicted molar refractivity (Wildman–Crippen MR) is 89.7 cm³/mol. The van der Waals surface area contributed by atoms with Crippen LogP contribution in [-0.4, -0.2) is 46.9 Å². The van der Waals surface area contributed by atoms with Crippen molar-refractivity contribution in [2.75, 3.05) is 19.0 Å². The highest BCUT2D eigenvalue weighted by Crippen LogP contribution is 2.42. The van der Waals surface area contributed by atoms with Gasteiger partial charge >= 0.3 is 6.03 Å². The van der Waals surface area contributed by atoms with Gasteiger partial charge in [-0.15, -0.1) is 0 Å². The average molecular weight is 362 g/mol. The summed E-state index contributed by atoms with van der Waals surface area (Å²) in [6.45, 7) is 1.13. The van der Waals surface area contributed by atoms with Crippen LogP contribution in [0.25, 0.3) is 0 Å². The Morgan fingerprint density at radius 3 is 2.73 bits per heavy atom. The van der Waals surface area contributed by atoms with Crippen LogP contribution in [0.15, 0.2) is 18.2 Å². The molecule has 0 spiro atoms. The summed E-state index contributed by atoms with van der Waals surface area (Å²) in [7, 11) is 1.37. The number of nitro benzene ring substituents is 1. The highest BCUT2D eigenvalue weighted by atomic mass is 16.6. The van der Waals surface area contributed by atoms with Crippen molar-refractivity contribution in [1.82, 2.24) is 10.2 Å². The zero-order valence-corrected chi connectivity index (χ0v) is 14.3. The summed E-state index contributed by atoms with van der Waals surface area (Å²) in [5, 5.41) is 16.2. The highest BCUT2D eigenvalue weighted by molar-refractivity contribution is 6.10. The molecule has 2 N–H and O–H groups in total. The number of rotatable bonds is 6. The van der Waals surface area contributed by atoms with Gasteiger partial charge in [-0.1, -0.05) is 0 Å². The first-order valence-corrected chi connectivity index (χ1v) is 8.02. The molecule has 1 aromatic carbocycles. The lowest BCUT2D eigenvalue weighted by molar-refractivity contribution is -0.384. The summed E-state index contributed by atoms with van der Waals surface area (Å²) in [6, 6.07) is 3.33. The smallest absolute Gasteiger partial charge is 0.325 e. The lowest BCUT2D eigenvalue weighted by Crippen LogP contribution is -2.46. The Balaban J connectivity index is 1.72. The van der Waals surface area contributed by atoms with Crippen molar-refractivity contribution in [3.63, 3.8) is 0 Å². The second kappa shape index (κ2) is 6.28.